The summed E-state index contributed by atoms with van der Waals surface area (Å²) in [4.78, 5) is 44.0. The number of amides is 2. The fraction of sp³-hybridized carbons (Fsp3) is 0.250. The summed E-state index contributed by atoms with van der Waals surface area (Å²) in [5.41, 5.74) is 5.21. The zero-order valence-corrected chi connectivity index (χ0v) is 11.8. The number of carboxylic acid groups (broad SMARTS) is 1. The maximum Gasteiger partial charge on any atom is 0.327 e. The molecular formula is C12H13N3O5S. The molecule has 1 atom stereocenters. The Morgan fingerprint density at radius 1 is 1.43 bits per heavy atom. The SMILES string of the molecule is CC(=O)NC(CSc1ccc(C(N)=O)cc1N=O)C(=O)O. The standard InChI is InChI=1S/C12H13N3O5S/c1-6(16)14-9(12(18)19)5-21-10-3-2-7(11(13)17)4-8(10)15-20/h2-4,9H,5H2,1H3,(H2,13,17)(H,14,16)(H,18,19). The quantitative estimate of drug-likeness (QED) is 0.504. The summed E-state index contributed by atoms with van der Waals surface area (Å²) in [6, 6.07) is 3.00. The third kappa shape index (κ3) is 4.88. The summed E-state index contributed by atoms with van der Waals surface area (Å²) < 4.78 is 0. The van der Waals surface area contributed by atoms with Crippen LogP contribution in [-0.4, -0.2) is 34.7 Å². The van der Waals surface area contributed by atoms with Crippen LogP contribution in [0, 0.1) is 4.91 Å². The lowest BCUT2D eigenvalue weighted by atomic mass is 10.2. The molecular weight excluding hydrogens is 298 g/mol. The average molecular weight is 311 g/mol. The first-order valence-electron chi connectivity index (χ1n) is 5.75. The van der Waals surface area contributed by atoms with Crippen molar-refractivity contribution >= 4 is 35.2 Å². The first kappa shape index (κ1) is 16.6. The van der Waals surface area contributed by atoms with E-state index in [2.05, 4.69) is 10.5 Å². The molecule has 0 heterocycles. The average Bonchev–Trinajstić information content (AvgIpc) is 2.42. The lowest BCUT2D eigenvalue weighted by molar-refractivity contribution is -0.140. The highest BCUT2D eigenvalue weighted by molar-refractivity contribution is 7.99. The molecule has 0 aliphatic rings. The Balaban J connectivity index is 2.87. The number of thioether (sulfide) groups is 1. The van der Waals surface area contributed by atoms with Crippen LogP contribution >= 0.6 is 11.8 Å². The van der Waals surface area contributed by atoms with Crippen LogP contribution in [0.4, 0.5) is 5.69 Å². The van der Waals surface area contributed by atoms with Gasteiger partial charge < -0.3 is 16.2 Å². The fourth-order valence-electron chi connectivity index (χ4n) is 1.46. The van der Waals surface area contributed by atoms with E-state index in [-0.39, 0.29) is 17.0 Å². The highest BCUT2D eigenvalue weighted by Crippen LogP contribution is 2.30. The third-order valence-corrected chi connectivity index (χ3v) is 3.58. The molecule has 1 aromatic rings. The number of aliphatic carboxylic acids is 1. The Hall–Kier alpha value is -2.42. The molecule has 0 saturated carbocycles. The lowest BCUT2D eigenvalue weighted by Gasteiger charge is -2.13. The highest BCUT2D eigenvalue weighted by atomic mass is 32.2. The maximum absolute atomic E-state index is 11.0. The lowest BCUT2D eigenvalue weighted by Crippen LogP contribution is -2.41. The van der Waals surface area contributed by atoms with Crippen molar-refractivity contribution in [1.29, 1.82) is 0 Å². The van der Waals surface area contributed by atoms with E-state index in [1.807, 2.05) is 0 Å². The molecule has 1 rings (SSSR count). The molecule has 0 spiro atoms. The normalized spacial score (nSPS) is 11.5. The van der Waals surface area contributed by atoms with E-state index >= 15 is 0 Å². The minimum atomic E-state index is -1.19. The summed E-state index contributed by atoms with van der Waals surface area (Å²) in [5.74, 6) is -2.35. The number of nitrogens with two attached hydrogens (primary N) is 1. The van der Waals surface area contributed by atoms with E-state index in [1.54, 1.807) is 0 Å². The van der Waals surface area contributed by atoms with Crippen molar-refractivity contribution in [3.05, 3.63) is 28.7 Å². The van der Waals surface area contributed by atoms with Gasteiger partial charge in [-0.05, 0) is 23.4 Å². The number of carbonyl (C=O) groups is 3. The van der Waals surface area contributed by atoms with Gasteiger partial charge in [0, 0.05) is 23.1 Å². The van der Waals surface area contributed by atoms with Crippen molar-refractivity contribution in [2.45, 2.75) is 17.9 Å². The zero-order chi connectivity index (χ0) is 16.0. The molecule has 112 valence electrons. The van der Waals surface area contributed by atoms with Gasteiger partial charge in [-0.25, -0.2) is 4.79 Å². The smallest absolute Gasteiger partial charge is 0.327 e. The van der Waals surface area contributed by atoms with E-state index in [4.69, 9.17) is 10.8 Å². The van der Waals surface area contributed by atoms with Crippen molar-refractivity contribution in [3.8, 4) is 0 Å². The molecule has 2 amide bonds. The van der Waals surface area contributed by atoms with Gasteiger partial charge in [0.15, 0.2) is 0 Å². The van der Waals surface area contributed by atoms with E-state index in [0.717, 1.165) is 11.8 Å². The molecule has 9 heteroatoms. The maximum atomic E-state index is 11.0. The minimum absolute atomic E-state index is 0.00729. The number of nitroso groups, excluding NO2 is 1. The predicted octanol–water partition coefficient (Wildman–Crippen LogP) is 0.865. The molecule has 1 unspecified atom stereocenters. The van der Waals surface area contributed by atoms with Gasteiger partial charge in [-0.2, -0.15) is 0 Å². The van der Waals surface area contributed by atoms with Gasteiger partial charge in [0.05, 0.1) is 0 Å². The van der Waals surface area contributed by atoms with Crippen molar-refractivity contribution in [1.82, 2.24) is 5.32 Å². The fourth-order valence-corrected chi connectivity index (χ4v) is 2.44. The molecule has 0 aliphatic carbocycles. The molecule has 0 radical (unpaired) electrons. The summed E-state index contributed by atoms with van der Waals surface area (Å²) in [6.45, 7) is 1.21. The van der Waals surface area contributed by atoms with Crippen molar-refractivity contribution in [2.24, 2.45) is 10.9 Å². The first-order chi connectivity index (χ1) is 9.85. The van der Waals surface area contributed by atoms with Crippen LogP contribution in [0.25, 0.3) is 0 Å². The summed E-state index contributed by atoms with van der Waals surface area (Å²) >= 11 is 1.03. The minimum Gasteiger partial charge on any atom is -0.480 e. The van der Waals surface area contributed by atoms with Gasteiger partial charge in [-0.1, -0.05) is 0 Å². The largest absolute Gasteiger partial charge is 0.480 e. The molecule has 1 aromatic carbocycles. The molecule has 0 fully saturated rings. The van der Waals surface area contributed by atoms with E-state index in [9.17, 15) is 19.3 Å². The van der Waals surface area contributed by atoms with Crippen LogP contribution in [0.3, 0.4) is 0 Å². The van der Waals surface area contributed by atoms with E-state index in [0.29, 0.717) is 4.90 Å². The van der Waals surface area contributed by atoms with Crippen molar-refractivity contribution < 1.29 is 19.5 Å². The molecule has 4 N–H and O–H groups in total. The number of benzene rings is 1. The predicted molar refractivity (Wildman–Crippen MR) is 76.4 cm³/mol. The van der Waals surface area contributed by atoms with Crippen LogP contribution in [0.15, 0.2) is 28.3 Å². The molecule has 0 aromatic heterocycles. The van der Waals surface area contributed by atoms with Crippen LogP contribution in [-0.2, 0) is 9.59 Å². The number of rotatable bonds is 7. The number of carbonyl (C=O) groups excluding carboxylic acids is 2. The molecule has 21 heavy (non-hydrogen) atoms. The summed E-state index contributed by atoms with van der Waals surface area (Å²) in [7, 11) is 0. The highest BCUT2D eigenvalue weighted by Gasteiger charge is 2.19. The zero-order valence-electron chi connectivity index (χ0n) is 11.0. The van der Waals surface area contributed by atoms with E-state index < -0.39 is 23.8 Å². The second kappa shape index (κ2) is 7.39. The molecule has 0 bridgehead atoms. The first-order valence-corrected chi connectivity index (χ1v) is 6.73. The second-order valence-corrected chi connectivity index (χ2v) is 5.10. The number of nitrogens with one attached hydrogen (secondary N) is 1. The van der Waals surface area contributed by atoms with Crippen LogP contribution in [0.1, 0.15) is 17.3 Å². The number of primary amides is 1. The molecule has 0 aliphatic heterocycles. The van der Waals surface area contributed by atoms with Crippen molar-refractivity contribution in [2.75, 3.05) is 5.75 Å². The van der Waals surface area contributed by atoms with Gasteiger partial charge in [0.1, 0.15) is 11.7 Å². The Kier molecular flexibility index (Phi) is 5.85. The van der Waals surface area contributed by atoms with Gasteiger partial charge in [-0.15, -0.1) is 16.7 Å². The number of hydrogen-bond acceptors (Lipinski definition) is 6. The van der Waals surface area contributed by atoms with Crippen LogP contribution in [0.2, 0.25) is 0 Å². The van der Waals surface area contributed by atoms with Gasteiger partial charge >= 0.3 is 5.97 Å². The number of carboxylic acids is 1. The Morgan fingerprint density at radius 2 is 2.10 bits per heavy atom. The molecule has 0 saturated heterocycles. The van der Waals surface area contributed by atoms with Crippen LogP contribution < -0.4 is 11.1 Å². The molecule has 8 nitrogen and oxygen atoms in total. The second-order valence-electron chi connectivity index (χ2n) is 4.04. The topological polar surface area (TPSA) is 139 Å². The summed E-state index contributed by atoms with van der Waals surface area (Å²) in [6.07, 6.45) is 0. The number of hydrogen-bond donors (Lipinski definition) is 3. The van der Waals surface area contributed by atoms with E-state index in [1.165, 1.54) is 25.1 Å². The van der Waals surface area contributed by atoms with Crippen LogP contribution in [0.5, 0.6) is 0 Å². The van der Waals surface area contributed by atoms with Crippen molar-refractivity contribution in [3.63, 3.8) is 0 Å². The third-order valence-electron chi connectivity index (χ3n) is 2.42. The Bertz CT molecular complexity index is 590. The monoisotopic (exact) mass is 311 g/mol. The summed E-state index contributed by atoms with van der Waals surface area (Å²) in [5, 5.41) is 14.0. The van der Waals surface area contributed by atoms with Gasteiger partial charge in [-0.3, -0.25) is 9.59 Å². The van der Waals surface area contributed by atoms with Gasteiger partial charge in [0.2, 0.25) is 11.8 Å². The Labute approximate surface area is 124 Å². The number of nitrogens with zero attached hydrogens (tertiary/aromatic N) is 1. The van der Waals surface area contributed by atoms with Gasteiger partial charge in [0.25, 0.3) is 0 Å². The Morgan fingerprint density at radius 3 is 2.57 bits per heavy atom.